The van der Waals surface area contributed by atoms with E-state index in [-0.39, 0.29) is 12.2 Å². The molecule has 2 aromatic rings. The summed E-state index contributed by atoms with van der Waals surface area (Å²) in [5.74, 6) is -0.128. The minimum absolute atomic E-state index is 0.261. The van der Waals surface area contributed by atoms with Gasteiger partial charge in [-0.1, -0.05) is 51.5 Å². The van der Waals surface area contributed by atoms with Crippen molar-refractivity contribution in [2.45, 2.75) is 70.9 Å². The van der Waals surface area contributed by atoms with E-state index in [1.807, 2.05) is 6.92 Å². The van der Waals surface area contributed by atoms with Crippen LogP contribution in [0.2, 0.25) is 0 Å². The standard InChI is InChI=1S/C31H41FO6/c1-3-5-12-27(32)24-37-30(33)25-15-19-29(20-16-25)38-31(34)26-13-17-28(18-14-26)36-23-11-9-7-6-8-10-22-35-21-4-2/h4,13-20,27H,2-3,5-12,21-24H2,1H3. The Labute approximate surface area is 226 Å². The normalized spacial score (nSPS) is 11.5. The molecule has 0 aliphatic rings. The van der Waals surface area contributed by atoms with Crippen LogP contribution in [0.3, 0.4) is 0 Å². The van der Waals surface area contributed by atoms with E-state index in [0.717, 1.165) is 38.7 Å². The SMILES string of the molecule is C=CCOCCCCCCCCOc1ccc(C(=O)Oc2ccc(C(=O)OCC(F)CCCC)cc2)cc1. The van der Waals surface area contributed by atoms with E-state index in [1.54, 1.807) is 30.3 Å². The van der Waals surface area contributed by atoms with Gasteiger partial charge in [-0.3, -0.25) is 0 Å². The van der Waals surface area contributed by atoms with Crippen molar-refractivity contribution in [3.63, 3.8) is 0 Å². The fraction of sp³-hybridized carbons (Fsp3) is 0.484. The van der Waals surface area contributed by atoms with E-state index in [1.165, 1.54) is 43.5 Å². The monoisotopic (exact) mass is 528 g/mol. The Hall–Kier alpha value is -3.19. The van der Waals surface area contributed by atoms with Crippen LogP contribution in [0.15, 0.2) is 61.2 Å². The molecular formula is C31H41FO6. The summed E-state index contributed by atoms with van der Waals surface area (Å²) < 4.78 is 35.2. The van der Waals surface area contributed by atoms with Crippen LogP contribution in [0, 0.1) is 0 Å². The molecule has 1 atom stereocenters. The van der Waals surface area contributed by atoms with E-state index in [2.05, 4.69) is 6.58 Å². The molecule has 2 rings (SSSR count). The largest absolute Gasteiger partial charge is 0.494 e. The molecule has 0 saturated heterocycles. The van der Waals surface area contributed by atoms with Gasteiger partial charge in [0.25, 0.3) is 0 Å². The first-order valence-electron chi connectivity index (χ1n) is 13.6. The molecule has 0 aliphatic carbocycles. The second kappa shape index (κ2) is 19.0. The van der Waals surface area contributed by atoms with Crippen LogP contribution < -0.4 is 9.47 Å². The van der Waals surface area contributed by atoms with Gasteiger partial charge in [0.2, 0.25) is 0 Å². The summed E-state index contributed by atoms with van der Waals surface area (Å²) >= 11 is 0. The molecular weight excluding hydrogens is 487 g/mol. The summed E-state index contributed by atoms with van der Waals surface area (Å²) in [6.07, 6.45) is 9.34. The first-order chi connectivity index (χ1) is 18.5. The second-order valence-corrected chi connectivity index (χ2v) is 9.11. The highest BCUT2D eigenvalue weighted by Gasteiger charge is 2.13. The lowest BCUT2D eigenvalue weighted by atomic mass is 10.1. The maximum absolute atomic E-state index is 13.7. The second-order valence-electron chi connectivity index (χ2n) is 9.11. The number of ether oxygens (including phenoxy) is 4. The Kier molecular flexibility index (Phi) is 15.5. The number of hydrogen-bond donors (Lipinski definition) is 0. The van der Waals surface area contributed by atoms with Crippen molar-refractivity contribution in [2.24, 2.45) is 0 Å². The highest BCUT2D eigenvalue weighted by Crippen LogP contribution is 2.18. The molecule has 0 aliphatic heterocycles. The molecule has 2 aromatic carbocycles. The Morgan fingerprint density at radius 1 is 0.816 bits per heavy atom. The van der Waals surface area contributed by atoms with Gasteiger partial charge >= 0.3 is 11.9 Å². The number of carbonyl (C=O) groups excluding carboxylic acids is 2. The van der Waals surface area contributed by atoms with Crippen molar-refractivity contribution in [2.75, 3.05) is 26.4 Å². The topological polar surface area (TPSA) is 71.1 Å². The lowest BCUT2D eigenvalue weighted by Gasteiger charge is -2.10. The fourth-order valence-corrected chi connectivity index (χ4v) is 3.64. The van der Waals surface area contributed by atoms with Crippen molar-refractivity contribution >= 4 is 11.9 Å². The van der Waals surface area contributed by atoms with Crippen LogP contribution in [-0.4, -0.2) is 44.5 Å². The highest BCUT2D eigenvalue weighted by molar-refractivity contribution is 5.92. The number of carbonyl (C=O) groups is 2. The van der Waals surface area contributed by atoms with Gasteiger partial charge < -0.3 is 18.9 Å². The van der Waals surface area contributed by atoms with Crippen molar-refractivity contribution in [1.29, 1.82) is 0 Å². The van der Waals surface area contributed by atoms with Crippen LogP contribution in [0.25, 0.3) is 0 Å². The third-order valence-corrected chi connectivity index (χ3v) is 5.84. The molecule has 0 heterocycles. The summed E-state index contributed by atoms with van der Waals surface area (Å²) in [6.45, 7) is 7.39. The van der Waals surface area contributed by atoms with Crippen molar-refractivity contribution < 1.29 is 32.9 Å². The number of rotatable bonds is 20. The predicted octanol–water partition coefficient (Wildman–Crippen LogP) is 7.51. The summed E-state index contributed by atoms with van der Waals surface area (Å²) in [4.78, 5) is 24.5. The number of halogens is 1. The van der Waals surface area contributed by atoms with E-state index >= 15 is 0 Å². The third kappa shape index (κ3) is 12.9. The quantitative estimate of drug-likeness (QED) is 0.0766. The molecule has 0 amide bonds. The zero-order valence-electron chi connectivity index (χ0n) is 22.5. The van der Waals surface area contributed by atoms with E-state index in [9.17, 15) is 14.0 Å². The van der Waals surface area contributed by atoms with Gasteiger partial charge in [0.05, 0.1) is 24.3 Å². The Morgan fingerprint density at radius 3 is 2.03 bits per heavy atom. The lowest BCUT2D eigenvalue weighted by Crippen LogP contribution is -2.15. The smallest absolute Gasteiger partial charge is 0.343 e. The summed E-state index contributed by atoms with van der Waals surface area (Å²) in [7, 11) is 0. The molecule has 208 valence electrons. The van der Waals surface area contributed by atoms with Crippen LogP contribution in [0.5, 0.6) is 11.5 Å². The minimum Gasteiger partial charge on any atom is -0.494 e. The average Bonchev–Trinajstić information content (AvgIpc) is 2.94. The number of alkyl halides is 1. The Bertz CT molecular complexity index is 942. The summed E-state index contributed by atoms with van der Waals surface area (Å²) in [6, 6.07) is 12.8. The number of hydrogen-bond acceptors (Lipinski definition) is 6. The van der Waals surface area contributed by atoms with Crippen LogP contribution in [-0.2, 0) is 9.47 Å². The zero-order chi connectivity index (χ0) is 27.4. The molecule has 0 spiro atoms. The lowest BCUT2D eigenvalue weighted by molar-refractivity contribution is 0.0389. The van der Waals surface area contributed by atoms with Crippen molar-refractivity contribution in [1.82, 2.24) is 0 Å². The summed E-state index contributed by atoms with van der Waals surface area (Å²) in [5, 5.41) is 0. The van der Waals surface area contributed by atoms with Gasteiger partial charge in [-0.15, -0.1) is 6.58 Å². The maximum Gasteiger partial charge on any atom is 0.343 e. The molecule has 0 fully saturated rings. The van der Waals surface area contributed by atoms with Gasteiger partial charge in [-0.05, 0) is 67.8 Å². The van der Waals surface area contributed by atoms with E-state index in [0.29, 0.717) is 36.7 Å². The third-order valence-electron chi connectivity index (χ3n) is 5.84. The minimum atomic E-state index is -1.16. The molecule has 6 nitrogen and oxygen atoms in total. The van der Waals surface area contributed by atoms with Crippen LogP contribution >= 0.6 is 0 Å². The maximum atomic E-state index is 13.7. The molecule has 0 aromatic heterocycles. The van der Waals surface area contributed by atoms with Gasteiger partial charge in [0.15, 0.2) is 0 Å². The summed E-state index contributed by atoms with van der Waals surface area (Å²) in [5.41, 5.74) is 0.654. The number of unbranched alkanes of at least 4 members (excludes halogenated alkanes) is 6. The average molecular weight is 529 g/mol. The molecule has 0 N–H and O–H groups in total. The van der Waals surface area contributed by atoms with Gasteiger partial charge in [0, 0.05) is 6.61 Å². The van der Waals surface area contributed by atoms with E-state index < -0.39 is 18.1 Å². The highest BCUT2D eigenvalue weighted by atomic mass is 19.1. The van der Waals surface area contributed by atoms with Crippen LogP contribution in [0.1, 0.15) is 85.4 Å². The Morgan fingerprint density at radius 2 is 1.39 bits per heavy atom. The molecule has 0 saturated carbocycles. The van der Waals surface area contributed by atoms with Crippen molar-refractivity contribution in [3.8, 4) is 11.5 Å². The zero-order valence-corrected chi connectivity index (χ0v) is 22.5. The first kappa shape index (κ1) is 31.0. The molecule has 1 unspecified atom stereocenters. The van der Waals surface area contributed by atoms with E-state index in [4.69, 9.17) is 18.9 Å². The van der Waals surface area contributed by atoms with Crippen molar-refractivity contribution in [3.05, 3.63) is 72.3 Å². The predicted molar refractivity (Wildman–Crippen MR) is 147 cm³/mol. The molecule has 38 heavy (non-hydrogen) atoms. The van der Waals surface area contributed by atoms with Gasteiger partial charge in [0.1, 0.15) is 24.3 Å². The van der Waals surface area contributed by atoms with Gasteiger partial charge in [-0.25, -0.2) is 14.0 Å². The number of esters is 2. The molecule has 7 heteroatoms. The van der Waals surface area contributed by atoms with Crippen LogP contribution in [0.4, 0.5) is 4.39 Å². The number of benzene rings is 2. The molecule has 0 bridgehead atoms. The Balaban J connectivity index is 1.64. The fourth-order valence-electron chi connectivity index (χ4n) is 3.64. The first-order valence-corrected chi connectivity index (χ1v) is 13.6. The van der Waals surface area contributed by atoms with Gasteiger partial charge in [-0.2, -0.15) is 0 Å². The molecule has 0 radical (unpaired) electrons.